The second kappa shape index (κ2) is 9.13. The quantitative estimate of drug-likeness (QED) is 0.704. The van der Waals surface area contributed by atoms with Gasteiger partial charge in [-0.25, -0.2) is 9.18 Å². The normalized spacial score (nSPS) is 19.5. The van der Waals surface area contributed by atoms with Crippen LogP contribution in [0, 0.1) is 5.82 Å². The molecule has 1 fully saturated rings. The van der Waals surface area contributed by atoms with Gasteiger partial charge >= 0.3 is 5.97 Å². The van der Waals surface area contributed by atoms with Gasteiger partial charge in [0.05, 0.1) is 11.3 Å². The largest absolute Gasteiger partial charge is 0.482 e. The Morgan fingerprint density at radius 3 is 2.47 bits per heavy atom. The van der Waals surface area contributed by atoms with Crippen molar-refractivity contribution in [1.82, 2.24) is 9.80 Å². The Kier molecular flexibility index (Phi) is 6.56. The first-order valence-corrected chi connectivity index (χ1v) is 9.78. The van der Waals surface area contributed by atoms with Crippen molar-refractivity contribution in [2.24, 2.45) is 0 Å². The van der Waals surface area contributed by atoms with E-state index in [0.29, 0.717) is 19.6 Å². The van der Waals surface area contributed by atoms with Gasteiger partial charge in [0.25, 0.3) is 5.91 Å². The molecule has 0 radical (unpaired) electrons. The number of nitrogens with two attached hydrogens (primary N) is 1. The minimum atomic E-state index is -1.08. The summed E-state index contributed by atoms with van der Waals surface area (Å²) in [6, 6.07) is 10.7. The SMILES string of the molecule is C[C@@H]1CN(C(=O)COc2ccc(C(=O)O)cc2N)[C@@H](C)CN1Cc1ccc(F)cc1. The summed E-state index contributed by atoms with van der Waals surface area (Å²) in [5, 5.41) is 8.99. The summed E-state index contributed by atoms with van der Waals surface area (Å²) < 4.78 is 18.7. The lowest BCUT2D eigenvalue weighted by Crippen LogP contribution is -2.58. The highest BCUT2D eigenvalue weighted by atomic mass is 19.1. The predicted molar refractivity (Wildman–Crippen MR) is 111 cm³/mol. The molecular formula is C22H26FN3O4. The fourth-order valence-corrected chi connectivity index (χ4v) is 3.63. The van der Waals surface area contributed by atoms with Gasteiger partial charge in [-0.2, -0.15) is 0 Å². The molecule has 3 N–H and O–H groups in total. The van der Waals surface area contributed by atoms with E-state index in [9.17, 15) is 14.0 Å². The molecule has 1 saturated heterocycles. The number of carboxylic acids is 1. The van der Waals surface area contributed by atoms with Crippen LogP contribution in [0.3, 0.4) is 0 Å². The average molecular weight is 415 g/mol. The molecule has 8 heteroatoms. The highest BCUT2D eigenvalue weighted by Crippen LogP contribution is 2.23. The third-order valence-corrected chi connectivity index (χ3v) is 5.34. The smallest absolute Gasteiger partial charge is 0.335 e. The van der Waals surface area contributed by atoms with Crippen molar-refractivity contribution in [2.45, 2.75) is 32.5 Å². The number of carbonyl (C=O) groups excluding carboxylic acids is 1. The van der Waals surface area contributed by atoms with Crippen LogP contribution in [-0.4, -0.2) is 58.6 Å². The number of halogens is 1. The van der Waals surface area contributed by atoms with Crippen LogP contribution in [0.2, 0.25) is 0 Å². The number of nitrogens with zero attached hydrogens (tertiary/aromatic N) is 2. The fourth-order valence-electron chi connectivity index (χ4n) is 3.63. The Morgan fingerprint density at radius 2 is 1.83 bits per heavy atom. The van der Waals surface area contributed by atoms with E-state index in [1.807, 2.05) is 6.92 Å². The van der Waals surface area contributed by atoms with Crippen LogP contribution in [0.25, 0.3) is 0 Å². The molecule has 1 amide bonds. The molecule has 1 aliphatic heterocycles. The molecule has 1 heterocycles. The topological polar surface area (TPSA) is 96.1 Å². The summed E-state index contributed by atoms with van der Waals surface area (Å²) in [5.41, 5.74) is 7.09. The van der Waals surface area contributed by atoms with E-state index in [2.05, 4.69) is 11.8 Å². The minimum absolute atomic E-state index is 0.00974. The first-order valence-electron chi connectivity index (χ1n) is 9.78. The summed E-state index contributed by atoms with van der Waals surface area (Å²) in [5.74, 6) is -1.21. The zero-order valence-electron chi connectivity index (χ0n) is 17.0. The monoisotopic (exact) mass is 415 g/mol. The lowest BCUT2D eigenvalue weighted by molar-refractivity contribution is -0.139. The second-order valence-corrected chi connectivity index (χ2v) is 7.65. The number of amides is 1. The summed E-state index contributed by atoms with van der Waals surface area (Å²) in [6.07, 6.45) is 0. The highest BCUT2D eigenvalue weighted by molar-refractivity contribution is 5.89. The van der Waals surface area contributed by atoms with Gasteiger partial charge in [-0.15, -0.1) is 0 Å². The van der Waals surface area contributed by atoms with Crippen LogP contribution in [0.5, 0.6) is 5.75 Å². The van der Waals surface area contributed by atoms with E-state index in [1.165, 1.54) is 30.3 Å². The molecule has 0 bridgehead atoms. The number of nitrogen functional groups attached to an aromatic ring is 1. The van der Waals surface area contributed by atoms with Gasteiger partial charge in [0, 0.05) is 31.7 Å². The summed E-state index contributed by atoms with van der Waals surface area (Å²) in [6.45, 7) is 5.80. The Balaban J connectivity index is 1.57. The number of ether oxygens (including phenoxy) is 1. The van der Waals surface area contributed by atoms with Gasteiger partial charge in [0.15, 0.2) is 6.61 Å². The Bertz CT molecular complexity index is 919. The van der Waals surface area contributed by atoms with Gasteiger partial charge < -0.3 is 20.5 Å². The standard InChI is InChI=1S/C22H26FN3O4/c1-14-11-26(15(2)10-25(14)12-16-3-6-18(23)7-4-16)21(27)13-30-20-8-5-17(22(28)29)9-19(20)24/h3-9,14-15H,10-13,24H2,1-2H3,(H,28,29)/t14-,15+/m1/s1. The van der Waals surface area contributed by atoms with E-state index in [4.69, 9.17) is 15.6 Å². The lowest BCUT2D eigenvalue weighted by Gasteiger charge is -2.44. The van der Waals surface area contributed by atoms with Crippen molar-refractivity contribution in [2.75, 3.05) is 25.4 Å². The van der Waals surface area contributed by atoms with E-state index in [0.717, 1.165) is 5.56 Å². The Hall–Kier alpha value is -3.13. The number of piperazine rings is 1. The number of benzene rings is 2. The van der Waals surface area contributed by atoms with Crippen molar-refractivity contribution >= 4 is 17.6 Å². The molecule has 2 atom stereocenters. The number of aromatic carboxylic acids is 1. The first-order chi connectivity index (χ1) is 14.2. The lowest BCUT2D eigenvalue weighted by atomic mass is 10.1. The molecule has 160 valence electrons. The molecule has 3 rings (SSSR count). The maximum absolute atomic E-state index is 13.1. The van der Waals surface area contributed by atoms with Crippen LogP contribution in [0.4, 0.5) is 10.1 Å². The van der Waals surface area contributed by atoms with Crippen LogP contribution in [-0.2, 0) is 11.3 Å². The first kappa shape index (κ1) is 21.6. The maximum Gasteiger partial charge on any atom is 0.335 e. The van der Waals surface area contributed by atoms with Crippen molar-refractivity contribution < 1.29 is 23.8 Å². The molecule has 0 aliphatic carbocycles. The van der Waals surface area contributed by atoms with Crippen molar-refractivity contribution in [3.63, 3.8) is 0 Å². The number of rotatable bonds is 6. The van der Waals surface area contributed by atoms with E-state index >= 15 is 0 Å². The molecule has 2 aromatic rings. The molecular weight excluding hydrogens is 389 g/mol. The number of hydrogen-bond acceptors (Lipinski definition) is 5. The van der Waals surface area contributed by atoms with E-state index in [-0.39, 0.29) is 47.4 Å². The molecule has 0 spiro atoms. The molecule has 1 aliphatic rings. The van der Waals surface area contributed by atoms with Gasteiger partial charge in [-0.3, -0.25) is 9.69 Å². The Morgan fingerprint density at radius 1 is 1.13 bits per heavy atom. The maximum atomic E-state index is 13.1. The third-order valence-electron chi connectivity index (χ3n) is 5.34. The van der Waals surface area contributed by atoms with Crippen molar-refractivity contribution in [3.05, 3.63) is 59.4 Å². The Labute approximate surface area is 174 Å². The second-order valence-electron chi connectivity index (χ2n) is 7.65. The highest BCUT2D eigenvalue weighted by Gasteiger charge is 2.32. The molecule has 2 aromatic carbocycles. The van der Waals surface area contributed by atoms with Gasteiger partial charge in [-0.05, 0) is 49.7 Å². The van der Waals surface area contributed by atoms with Crippen LogP contribution in [0.1, 0.15) is 29.8 Å². The molecule has 30 heavy (non-hydrogen) atoms. The minimum Gasteiger partial charge on any atom is -0.482 e. The number of anilines is 1. The summed E-state index contributed by atoms with van der Waals surface area (Å²) in [4.78, 5) is 27.8. The molecule has 0 aromatic heterocycles. The predicted octanol–water partition coefficient (Wildman–Crippen LogP) is 2.61. The van der Waals surface area contributed by atoms with Gasteiger partial charge in [-0.1, -0.05) is 12.1 Å². The number of hydrogen-bond donors (Lipinski definition) is 2. The fraction of sp³-hybridized carbons (Fsp3) is 0.364. The number of carbonyl (C=O) groups is 2. The van der Waals surface area contributed by atoms with Crippen LogP contribution >= 0.6 is 0 Å². The van der Waals surface area contributed by atoms with Crippen LogP contribution < -0.4 is 10.5 Å². The van der Waals surface area contributed by atoms with E-state index in [1.54, 1.807) is 17.0 Å². The zero-order valence-corrected chi connectivity index (χ0v) is 17.0. The average Bonchev–Trinajstić information content (AvgIpc) is 2.70. The van der Waals surface area contributed by atoms with Crippen LogP contribution in [0.15, 0.2) is 42.5 Å². The van der Waals surface area contributed by atoms with Crippen molar-refractivity contribution in [1.29, 1.82) is 0 Å². The summed E-state index contributed by atoms with van der Waals surface area (Å²) in [7, 11) is 0. The molecule has 7 nitrogen and oxygen atoms in total. The van der Waals surface area contributed by atoms with Gasteiger partial charge in [0.1, 0.15) is 11.6 Å². The van der Waals surface area contributed by atoms with Crippen molar-refractivity contribution in [3.8, 4) is 5.75 Å². The zero-order chi connectivity index (χ0) is 21.8. The molecule has 0 unspecified atom stereocenters. The van der Waals surface area contributed by atoms with E-state index < -0.39 is 5.97 Å². The summed E-state index contributed by atoms with van der Waals surface area (Å²) >= 11 is 0. The number of carboxylic acid groups (broad SMARTS) is 1. The third kappa shape index (κ3) is 5.07. The van der Waals surface area contributed by atoms with Gasteiger partial charge in [0.2, 0.25) is 0 Å². The molecule has 0 saturated carbocycles.